The fourth-order valence-electron chi connectivity index (χ4n) is 1.48. The van der Waals surface area contributed by atoms with E-state index in [0.29, 0.717) is 0 Å². The van der Waals surface area contributed by atoms with E-state index in [1.165, 1.54) is 0 Å². The summed E-state index contributed by atoms with van der Waals surface area (Å²) in [4.78, 5) is 11.6. The average Bonchev–Trinajstić information content (AvgIpc) is 2.29. The molecule has 0 aliphatic heterocycles. The molecular weight excluding hydrogens is 218 g/mol. The first kappa shape index (κ1) is 13.5. The standard InChI is InChI=1S/C13H19NO3/c1-10(2)17-12(16)14-13(3,9-15)11-7-5-4-6-8-11/h4-8,10,15H,9H2,1-3H3,(H,14,16). The molecule has 4 heteroatoms. The monoisotopic (exact) mass is 237 g/mol. The number of hydrogen-bond acceptors (Lipinski definition) is 3. The van der Waals surface area contributed by atoms with Crippen LogP contribution < -0.4 is 5.32 Å². The van der Waals surface area contributed by atoms with Crippen molar-refractivity contribution in [2.45, 2.75) is 32.4 Å². The van der Waals surface area contributed by atoms with Crippen molar-refractivity contribution in [1.82, 2.24) is 5.32 Å². The predicted molar refractivity (Wildman–Crippen MR) is 65.6 cm³/mol. The molecule has 0 aliphatic carbocycles. The van der Waals surface area contributed by atoms with Gasteiger partial charge in [-0.1, -0.05) is 30.3 Å². The number of rotatable bonds is 4. The van der Waals surface area contributed by atoms with Crippen molar-refractivity contribution in [2.75, 3.05) is 6.61 Å². The van der Waals surface area contributed by atoms with Crippen LogP contribution in [0.15, 0.2) is 30.3 Å². The summed E-state index contributed by atoms with van der Waals surface area (Å²) in [7, 11) is 0. The van der Waals surface area contributed by atoms with Crippen molar-refractivity contribution in [1.29, 1.82) is 0 Å². The largest absolute Gasteiger partial charge is 0.447 e. The Bertz CT molecular complexity index is 364. The van der Waals surface area contributed by atoms with E-state index in [2.05, 4.69) is 5.32 Å². The van der Waals surface area contributed by atoms with E-state index >= 15 is 0 Å². The summed E-state index contributed by atoms with van der Waals surface area (Å²) >= 11 is 0. The highest BCUT2D eigenvalue weighted by molar-refractivity contribution is 5.68. The summed E-state index contributed by atoms with van der Waals surface area (Å²) in [5, 5.41) is 12.1. The molecule has 0 fully saturated rings. The molecule has 0 heterocycles. The van der Waals surface area contributed by atoms with Crippen LogP contribution in [-0.4, -0.2) is 23.9 Å². The van der Waals surface area contributed by atoms with E-state index in [1.54, 1.807) is 20.8 Å². The summed E-state index contributed by atoms with van der Waals surface area (Å²) in [5.74, 6) is 0. The maximum Gasteiger partial charge on any atom is 0.408 e. The van der Waals surface area contributed by atoms with Gasteiger partial charge >= 0.3 is 6.09 Å². The van der Waals surface area contributed by atoms with Crippen molar-refractivity contribution < 1.29 is 14.6 Å². The molecule has 2 N–H and O–H groups in total. The Morgan fingerprint density at radius 1 is 1.41 bits per heavy atom. The number of hydrogen-bond donors (Lipinski definition) is 2. The van der Waals surface area contributed by atoms with Crippen LogP contribution in [-0.2, 0) is 10.3 Å². The fourth-order valence-corrected chi connectivity index (χ4v) is 1.48. The maximum atomic E-state index is 11.6. The van der Waals surface area contributed by atoms with E-state index in [-0.39, 0.29) is 12.7 Å². The second-order valence-corrected chi connectivity index (χ2v) is 4.44. The van der Waals surface area contributed by atoms with Gasteiger partial charge in [0, 0.05) is 0 Å². The van der Waals surface area contributed by atoms with Crippen LogP contribution in [0.5, 0.6) is 0 Å². The summed E-state index contributed by atoms with van der Waals surface area (Å²) in [5.41, 5.74) is 0.0101. The lowest BCUT2D eigenvalue weighted by Gasteiger charge is -2.29. The van der Waals surface area contributed by atoms with Gasteiger partial charge < -0.3 is 15.2 Å². The maximum absolute atomic E-state index is 11.6. The third-order valence-electron chi connectivity index (χ3n) is 2.45. The van der Waals surface area contributed by atoms with E-state index in [9.17, 15) is 9.90 Å². The molecule has 0 saturated carbocycles. The minimum absolute atomic E-state index is 0.186. The molecule has 1 atom stereocenters. The van der Waals surface area contributed by atoms with Crippen LogP contribution in [0, 0.1) is 0 Å². The molecule has 1 aromatic carbocycles. The number of ether oxygens (including phenoxy) is 1. The van der Waals surface area contributed by atoms with Gasteiger partial charge in [-0.15, -0.1) is 0 Å². The van der Waals surface area contributed by atoms with E-state index in [0.717, 1.165) is 5.56 Å². The van der Waals surface area contributed by atoms with Crippen molar-refractivity contribution >= 4 is 6.09 Å². The molecule has 1 rings (SSSR count). The topological polar surface area (TPSA) is 58.6 Å². The summed E-state index contributed by atoms with van der Waals surface area (Å²) in [6.45, 7) is 5.12. The Hall–Kier alpha value is -1.55. The van der Waals surface area contributed by atoms with Gasteiger partial charge in [0.25, 0.3) is 0 Å². The molecule has 0 radical (unpaired) electrons. The molecule has 94 valence electrons. The first-order valence-corrected chi connectivity index (χ1v) is 5.63. The predicted octanol–water partition coefficient (Wildman–Crippen LogP) is 2.03. The molecule has 0 aliphatic rings. The quantitative estimate of drug-likeness (QED) is 0.842. The Balaban J connectivity index is 2.79. The zero-order chi connectivity index (χ0) is 12.9. The van der Waals surface area contributed by atoms with Crippen LogP contribution in [0.25, 0.3) is 0 Å². The van der Waals surface area contributed by atoms with Gasteiger partial charge in [-0.05, 0) is 26.3 Å². The molecule has 0 spiro atoms. The Morgan fingerprint density at radius 3 is 2.47 bits per heavy atom. The first-order valence-electron chi connectivity index (χ1n) is 5.63. The number of benzene rings is 1. The zero-order valence-electron chi connectivity index (χ0n) is 10.4. The molecule has 0 bridgehead atoms. The fraction of sp³-hybridized carbons (Fsp3) is 0.462. The molecule has 17 heavy (non-hydrogen) atoms. The van der Waals surface area contributed by atoms with Gasteiger partial charge in [0.2, 0.25) is 0 Å². The third-order valence-corrected chi connectivity index (χ3v) is 2.45. The SMILES string of the molecule is CC(C)OC(=O)NC(C)(CO)c1ccccc1. The molecular formula is C13H19NO3. The Labute approximate surface area is 102 Å². The highest BCUT2D eigenvalue weighted by atomic mass is 16.6. The van der Waals surface area contributed by atoms with Crippen LogP contribution in [0.3, 0.4) is 0 Å². The molecule has 1 amide bonds. The van der Waals surface area contributed by atoms with Gasteiger partial charge in [0.05, 0.1) is 18.2 Å². The number of carbonyl (C=O) groups is 1. The number of aliphatic hydroxyl groups is 1. The average molecular weight is 237 g/mol. The van der Waals surface area contributed by atoms with Gasteiger partial charge in [0.1, 0.15) is 0 Å². The molecule has 0 saturated heterocycles. The van der Waals surface area contributed by atoms with Crippen LogP contribution in [0.1, 0.15) is 26.3 Å². The minimum atomic E-state index is -0.826. The van der Waals surface area contributed by atoms with Crippen LogP contribution in [0.4, 0.5) is 4.79 Å². The molecule has 1 aromatic rings. The van der Waals surface area contributed by atoms with E-state index < -0.39 is 11.6 Å². The molecule has 4 nitrogen and oxygen atoms in total. The molecule has 0 aromatic heterocycles. The third kappa shape index (κ3) is 3.75. The Morgan fingerprint density at radius 2 is 2.00 bits per heavy atom. The summed E-state index contributed by atoms with van der Waals surface area (Å²) < 4.78 is 5.01. The van der Waals surface area contributed by atoms with Crippen LogP contribution >= 0.6 is 0 Å². The van der Waals surface area contributed by atoms with E-state index in [4.69, 9.17) is 4.74 Å². The smallest absolute Gasteiger partial charge is 0.408 e. The minimum Gasteiger partial charge on any atom is -0.447 e. The number of carbonyl (C=O) groups excluding carboxylic acids is 1. The van der Waals surface area contributed by atoms with Gasteiger partial charge in [-0.2, -0.15) is 0 Å². The highest BCUT2D eigenvalue weighted by Gasteiger charge is 2.28. The number of nitrogens with one attached hydrogen (secondary N) is 1. The lowest BCUT2D eigenvalue weighted by Crippen LogP contribution is -2.47. The summed E-state index contributed by atoms with van der Waals surface area (Å²) in [6.07, 6.45) is -0.714. The van der Waals surface area contributed by atoms with Gasteiger partial charge in [-0.25, -0.2) is 4.79 Å². The number of aliphatic hydroxyl groups excluding tert-OH is 1. The van der Waals surface area contributed by atoms with Crippen molar-refractivity contribution in [2.24, 2.45) is 0 Å². The lowest BCUT2D eigenvalue weighted by molar-refractivity contribution is 0.0932. The normalized spacial score (nSPS) is 14.2. The van der Waals surface area contributed by atoms with Crippen LogP contribution in [0.2, 0.25) is 0 Å². The zero-order valence-corrected chi connectivity index (χ0v) is 10.4. The van der Waals surface area contributed by atoms with Crippen molar-refractivity contribution in [3.63, 3.8) is 0 Å². The summed E-state index contributed by atoms with van der Waals surface area (Å²) in [6, 6.07) is 9.31. The van der Waals surface area contributed by atoms with Gasteiger partial charge in [-0.3, -0.25) is 0 Å². The van der Waals surface area contributed by atoms with Crippen molar-refractivity contribution in [3.05, 3.63) is 35.9 Å². The Kier molecular flexibility index (Phi) is 4.52. The first-order chi connectivity index (χ1) is 7.98. The second kappa shape index (κ2) is 5.68. The highest BCUT2D eigenvalue weighted by Crippen LogP contribution is 2.19. The van der Waals surface area contributed by atoms with Gasteiger partial charge in [0.15, 0.2) is 0 Å². The number of alkyl carbamates (subject to hydrolysis) is 1. The second-order valence-electron chi connectivity index (χ2n) is 4.44. The van der Waals surface area contributed by atoms with E-state index in [1.807, 2.05) is 30.3 Å². The molecule has 1 unspecified atom stereocenters. The lowest BCUT2D eigenvalue weighted by atomic mass is 9.93. The van der Waals surface area contributed by atoms with Crippen molar-refractivity contribution in [3.8, 4) is 0 Å². The number of amides is 1.